The molecule has 0 bridgehead atoms. The van der Waals surface area contributed by atoms with Crippen molar-refractivity contribution in [2.45, 2.75) is 91.9 Å². The number of ether oxygens (including phenoxy) is 9. The normalized spacial score (nSPS) is 13.3. The summed E-state index contributed by atoms with van der Waals surface area (Å²) in [6.45, 7) is -2.22. The van der Waals surface area contributed by atoms with Crippen LogP contribution in [0.2, 0.25) is 0 Å². The Labute approximate surface area is 364 Å². The summed E-state index contributed by atoms with van der Waals surface area (Å²) in [4.78, 5) is 76.6. The Bertz CT molecular complexity index is 1080. The van der Waals surface area contributed by atoms with Crippen molar-refractivity contribution in [3.05, 3.63) is 0 Å². The topological polar surface area (TPSA) is 324 Å². The molecule has 0 aromatic rings. The van der Waals surface area contributed by atoms with E-state index in [2.05, 4.69) is 9.47 Å². The summed E-state index contributed by atoms with van der Waals surface area (Å²) in [5.41, 5.74) is -1.97. The molecule has 0 atom stereocenters. The van der Waals surface area contributed by atoms with Crippen LogP contribution in [-0.4, -0.2) is 186 Å². The lowest BCUT2D eigenvalue weighted by atomic mass is 9.92. The van der Waals surface area contributed by atoms with Gasteiger partial charge in [-0.15, -0.1) is 0 Å². The van der Waals surface area contributed by atoms with Crippen molar-refractivity contribution >= 4 is 41.8 Å². The van der Waals surface area contributed by atoms with Crippen molar-refractivity contribution < 1.29 is 107 Å². The van der Waals surface area contributed by atoms with Gasteiger partial charge in [0.25, 0.3) is 0 Å². The van der Waals surface area contributed by atoms with E-state index in [1.165, 1.54) is 14.2 Å². The monoisotopic (exact) mass is 906 g/mol. The summed E-state index contributed by atoms with van der Waals surface area (Å²) >= 11 is 0. The van der Waals surface area contributed by atoms with Crippen LogP contribution in [0.1, 0.15) is 91.9 Å². The van der Waals surface area contributed by atoms with Gasteiger partial charge >= 0.3 is 41.8 Å². The fourth-order valence-corrected chi connectivity index (χ4v) is 4.50. The van der Waals surface area contributed by atoms with Gasteiger partial charge in [-0.25, -0.2) is 19.2 Å². The molecule has 6 N–H and O–H groups in total. The summed E-state index contributed by atoms with van der Waals surface area (Å²) in [7, 11) is 2.97. The van der Waals surface area contributed by atoms with E-state index in [1.807, 2.05) is 0 Å². The number of methoxy groups -OCH3 is 2. The zero-order valence-electron chi connectivity index (χ0n) is 34.8. The Morgan fingerprint density at radius 1 is 0.500 bits per heavy atom. The lowest BCUT2D eigenvalue weighted by molar-refractivity contribution is -0.174. The van der Waals surface area contributed by atoms with E-state index < -0.39 is 86.3 Å². The van der Waals surface area contributed by atoms with Crippen LogP contribution < -0.4 is 0 Å². The van der Waals surface area contributed by atoms with Crippen LogP contribution in [0.4, 0.5) is 0 Å². The standard InChI is InChI=1S/C23H40O12.C6H10O2.C5H12O4.C4H4O4.2CH4/c1-30-15-23(16-31-2,17-34-19(26)9-5-3-7-11-32-21(28)13-24)18-35-20(27)10-6-4-8-12-33-22(29)14-25;7-6-4-2-1-3-5-8-6;6-1-5(2-7,3-8)4-9;5-3-1-7-4(6)2-8-3;;/h24-25H,3-18H2,1-2H3;1-5H2;6-9H,1-4H2;1-2H2;2*1H4. The van der Waals surface area contributed by atoms with Crippen molar-refractivity contribution in [2.24, 2.45) is 10.8 Å². The minimum absolute atomic E-state index is 0. The molecule has 0 aromatic carbocycles. The third-order valence-corrected chi connectivity index (χ3v) is 8.15. The Balaban J connectivity index is -0.000000495. The van der Waals surface area contributed by atoms with E-state index in [4.69, 9.17) is 63.8 Å². The van der Waals surface area contributed by atoms with Crippen LogP contribution in [-0.2, 0) is 76.2 Å². The lowest BCUT2D eigenvalue weighted by Gasteiger charge is -2.31. The van der Waals surface area contributed by atoms with E-state index in [0.29, 0.717) is 51.6 Å². The highest BCUT2D eigenvalue weighted by atomic mass is 16.6. The van der Waals surface area contributed by atoms with E-state index in [0.717, 1.165) is 19.3 Å². The Kier molecular flexibility index (Phi) is 44.0. The summed E-state index contributed by atoms with van der Waals surface area (Å²) in [6, 6.07) is 0. The van der Waals surface area contributed by atoms with Crippen molar-refractivity contribution in [2.75, 3.05) is 113 Å². The molecule has 0 saturated carbocycles. The zero-order chi connectivity index (χ0) is 45.5. The number of hydrogen-bond acceptors (Lipinski definition) is 22. The van der Waals surface area contributed by atoms with E-state index in [-0.39, 0.29) is 86.5 Å². The lowest BCUT2D eigenvalue weighted by Crippen LogP contribution is -2.42. The number of aliphatic hydroxyl groups excluding tert-OH is 6. The van der Waals surface area contributed by atoms with Gasteiger partial charge in [-0.1, -0.05) is 14.9 Å². The molecule has 0 unspecified atom stereocenters. The second-order valence-corrected chi connectivity index (χ2v) is 13.6. The SMILES string of the molecule is C.C.COCC(COC)(COC(=O)CCCCCOC(=O)CO)COC(=O)CCCCCOC(=O)CO.O=C1CCCCCO1.O=C1COC(=O)CO1.OCC(CO)(CO)CO. The van der Waals surface area contributed by atoms with E-state index in [1.54, 1.807) is 0 Å². The van der Waals surface area contributed by atoms with Crippen LogP contribution in [0.5, 0.6) is 0 Å². The molecule has 22 nitrogen and oxygen atoms in total. The maximum Gasteiger partial charge on any atom is 0.344 e. The molecule has 2 aliphatic rings. The van der Waals surface area contributed by atoms with Crippen molar-refractivity contribution in [1.82, 2.24) is 0 Å². The molecule has 0 amide bonds. The maximum atomic E-state index is 12.1. The van der Waals surface area contributed by atoms with Gasteiger partial charge in [0.2, 0.25) is 0 Å². The number of unbranched alkanes of at least 4 members (excludes halogenated alkanes) is 4. The molecule has 0 radical (unpaired) electrons. The minimum atomic E-state index is -1.11. The first kappa shape index (κ1) is 64.6. The van der Waals surface area contributed by atoms with Gasteiger partial charge in [0, 0.05) is 33.5 Å². The summed E-state index contributed by atoms with van der Waals surface area (Å²) in [6.07, 6.45) is 7.72. The largest absolute Gasteiger partial charge is 0.466 e. The molecule has 0 spiro atoms. The number of cyclic esters (lactones) is 3. The van der Waals surface area contributed by atoms with Crippen molar-refractivity contribution in [3.8, 4) is 0 Å². The first-order chi connectivity index (χ1) is 28.7. The Morgan fingerprint density at radius 3 is 1.26 bits per heavy atom. The van der Waals surface area contributed by atoms with Gasteiger partial charge in [-0.05, 0) is 57.8 Å². The molecule has 2 heterocycles. The van der Waals surface area contributed by atoms with Gasteiger partial charge in [-0.2, -0.15) is 0 Å². The first-order valence-corrected chi connectivity index (χ1v) is 19.5. The number of hydrogen-bond donors (Lipinski definition) is 6. The van der Waals surface area contributed by atoms with E-state index in [9.17, 15) is 33.6 Å². The average Bonchev–Trinajstić information content (AvgIpc) is 3.51. The van der Waals surface area contributed by atoms with Gasteiger partial charge < -0.3 is 73.3 Å². The molecule has 2 rings (SSSR count). The van der Waals surface area contributed by atoms with Gasteiger partial charge in [-0.3, -0.25) is 14.4 Å². The summed E-state index contributed by atoms with van der Waals surface area (Å²) < 4.78 is 44.1. The molecule has 2 saturated heterocycles. The molecule has 0 aliphatic carbocycles. The van der Waals surface area contributed by atoms with Crippen LogP contribution in [0.15, 0.2) is 0 Å². The highest BCUT2D eigenvalue weighted by molar-refractivity contribution is 5.82. The number of aliphatic hydroxyl groups is 6. The molecule has 0 aromatic heterocycles. The number of rotatable bonds is 26. The summed E-state index contributed by atoms with van der Waals surface area (Å²) in [5.74, 6) is -3.18. The fraction of sp³-hybridized carbons (Fsp3) is 0.825. The predicted molar refractivity (Wildman–Crippen MR) is 217 cm³/mol. The number of esters is 7. The van der Waals surface area contributed by atoms with Crippen LogP contribution in [0, 0.1) is 10.8 Å². The average molecular weight is 907 g/mol. The number of carbonyl (C=O) groups excluding carboxylic acids is 7. The number of carbonyl (C=O) groups is 7. The maximum absolute atomic E-state index is 12.1. The molecular formula is C40H74O22. The van der Waals surface area contributed by atoms with Crippen molar-refractivity contribution in [3.63, 3.8) is 0 Å². The predicted octanol–water partition coefficient (Wildman–Crippen LogP) is -0.0520. The molecule has 2 fully saturated rings. The molecule has 366 valence electrons. The van der Waals surface area contributed by atoms with Crippen LogP contribution in [0.25, 0.3) is 0 Å². The van der Waals surface area contributed by atoms with Gasteiger partial charge in [0.05, 0.1) is 70.3 Å². The minimum Gasteiger partial charge on any atom is -0.466 e. The van der Waals surface area contributed by atoms with Crippen LogP contribution in [0.3, 0.4) is 0 Å². The molecule has 22 heteroatoms. The second-order valence-electron chi connectivity index (χ2n) is 13.6. The Hall–Kier alpha value is -4.03. The molecular weight excluding hydrogens is 832 g/mol. The second kappa shape index (κ2) is 42.3. The van der Waals surface area contributed by atoms with Gasteiger partial charge in [0.15, 0.2) is 13.2 Å². The third kappa shape index (κ3) is 35.6. The molecule has 62 heavy (non-hydrogen) atoms. The third-order valence-electron chi connectivity index (χ3n) is 8.15. The van der Waals surface area contributed by atoms with Crippen LogP contribution >= 0.6 is 0 Å². The summed E-state index contributed by atoms with van der Waals surface area (Å²) in [5, 5.41) is 51.1. The smallest absolute Gasteiger partial charge is 0.344 e. The highest BCUT2D eigenvalue weighted by Gasteiger charge is 2.34. The zero-order valence-corrected chi connectivity index (χ0v) is 34.8. The fourth-order valence-electron chi connectivity index (χ4n) is 4.50. The quantitative estimate of drug-likeness (QED) is 0.0376. The molecule has 2 aliphatic heterocycles. The van der Waals surface area contributed by atoms with E-state index >= 15 is 0 Å². The Morgan fingerprint density at radius 2 is 0.919 bits per heavy atom. The highest BCUT2D eigenvalue weighted by Crippen LogP contribution is 2.21. The van der Waals surface area contributed by atoms with Crippen molar-refractivity contribution in [1.29, 1.82) is 0 Å². The van der Waals surface area contributed by atoms with Gasteiger partial charge in [0.1, 0.15) is 26.4 Å². The first-order valence-electron chi connectivity index (χ1n) is 19.5.